The smallest absolute Gasteiger partial charge is 0.209 e. The third-order valence-electron chi connectivity index (χ3n) is 1.41. The fourth-order valence-electron chi connectivity index (χ4n) is 0.792. The number of hydrogen-bond acceptors (Lipinski definition) is 0. The van der Waals surface area contributed by atoms with Gasteiger partial charge in [0.2, 0.25) is 0 Å². The van der Waals surface area contributed by atoms with E-state index >= 15 is 0 Å². The average molecular weight is 255 g/mol. The van der Waals surface area contributed by atoms with Crippen LogP contribution in [0.25, 0.3) is 0 Å². The topological polar surface area (TPSA) is 0 Å². The Bertz CT molecular complexity index is 248. The van der Waals surface area contributed by atoms with Gasteiger partial charge in [-0.05, 0) is 17.7 Å². The second-order valence-electron chi connectivity index (χ2n) is 2.29. The van der Waals surface area contributed by atoms with Gasteiger partial charge < -0.3 is 0 Å². The van der Waals surface area contributed by atoms with Crippen molar-refractivity contribution in [3.8, 4) is 0 Å². The van der Waals surface area contributed by atoms with Crippen LogP contribution in [0.4, 0.5) is 8.78 Å². The van der Waals surface area contributed by atoms with Gasteiger partial charge in [0.25, 0.3) is 6.43 Å². The first-order valence-electron chi connectivity index (χ1n) is 3.29. The molecule has 0 bridgehead atoms. The molecule has 66 valence electrons. The van der Waals surface area contributed by atoms with Crippen LogP contribution in [0.1, 0.15) is 10.4 Å². The van der Waals surface area contributed by atoms with E-state index in [0.29, 0.717) is 10.6 Å². The number of rotatable bonds is 2. The van der Waals surface area contributed by atoms with Gasteiger partial charge in [-0.25, -0.2) is 8.78 Å². The summed E-state index contributed by atoms with van der Waals surface area (Å²) in [6.07, 6.45) is -2.40. The summed E-state index contributed by atoms with van der Waals surface area (Å²) in [5.41, 5.74) is 0.536. The van der Waals surface area contributed by atoms with Gasteiger partial charge in [-0.3, -0.25) is 0 Å². The lowest BCUT2D eigenvalue weighted by Gasteiger charge is -2.07. The van der Waals surface area contributed by atoms with Crippen LogP contribution in [0.3, 0.4) is 0 Å². The van der Waals surface area contributed by atoms with E-state index in [0.717, 1.165) is 0 Å². The highest BCUT2D eigenvalue weighted by molar-refractivity contribution is 9.09. The zero-order valence-corrected chi connectivity index (χ0v) is 8.32. The maximum Gasteiger partial charge on any atom is 0.255 e. The minimum atomic E-state index is -2.40. The molecule has 0 aliphatic heterocycles. The van der Waals surface area contributed by atoms with E-state index in [2.05, 4.69) is 15.9 Å². The van der Waals surface area contributed by atoms with E-state index in [4.69, 9.17) is 11.6 Å². The maximum absolute atomic E-state index is 12.1. The third kappa shape index (κ3) is 2.42. The van der Waals surface area contributed by atoms with Crippen LogP contribution in [-0.4, -0.2) is 6.43 Å². The second kappa shape index (κ2) is 4.19. The van der Waals surface area contributed by atoms with Crippen molar-refractivity contribution in [2.24, 2.45) is 0 Å². The molecule has 1 atom stereocenters. The van der Waals surface area contributed by atoms with Crippen molar-refractivity contribution < 1.29 is 8.78 Å². The first-order chi connectivity index (χ1) is 5.61. The Hall–Kier alpha value is -0.150. The molecule has 0 saturated carbocycles. The van der Waals surface area contributed by atoms with Crippen LogP contribution in [0, 0.1) is 0 Å². The Morgan fingerprint density at radius 3 is 2.08 bits per heavy atom. The molecule has 0 aliphatic carbocycles. The Morgan fingerprint density at radius 2 is 1.67 bits per heavy atom. The minimum Gasteiger partial charge on any atom is -0.209 e. The first-order valence-corrected chi connectivity index (χ1v) is 4.58. The van der Waals surface area contributed by atoms with Gasteiger partial charge in [-0.1, -0.05) is 39.7 Å². The standard InChI is InChI=1S/C8H6BrClF2/c9-7(8(11)12)5-1-3-6(10)4-2-5/h1-4,7-8H. The molecule has 1 rings (SSSR count). The van der Waals surface area contributed by atoms with Crippen LogP contribution >= 0.6 is 27.5 Å². The van der Waals surface area contributed by atoms with Gasteiger partial charge >= 0.3 is 0 Å². The SMILES string of the molecule is FC(F)C(Br)c1ccc(Cl)cc1. The summed E-state index contributed by atoms with van der Waals surface area (Å²) < 4.78 is 24.3. The highest BCUT2D eigenvalue weighted by Gasteiger charge is 2.18. The molecular weight excluding hydrogens is 249 g/mol. The van der Waals surface area contributed by atoms with E-state index in [1.165, 1.54) is 0 Å². The van der Waals surface area contributed by atoms with Crippen LogP contribution in [0.5, 0.6) is 0 Å². The molecule has 0 spiro atoms. The summed E-state index contributed by atoms with van der Waals surface area (Å²) in [5, 5.41) is 0.549. The van der Waals surface area contributed by atoms with Crippen molar-refractivity contribution in [3.05, 3.63) is 34.9 Å². The van der Waals surface area contributed by atoms with E-state index in [1.807, 2.05) is 0 Å². The molecule has 12 heavy (non-hydrogen) atoms. The van der Waals surface area contributed by atoms with Gasteiger partial charge in [0.15, 0.2) is 0 Å². The third-order valence-corrected chi connectivity index (χ3v) is 2.59. The molecule has 0 aliphatic rings. The lowest BCUT2D eigenvalue weighted by atomic mass is 10.2. The minimum absolute atomic E-state index is 0.536. The molecule has 0 radical (unpaired) electrons. The van der Waals surface area contributed by atoms with Gasteiger partial charge in [0.05, 0.1) is 0 Å². The highest BCUT2D eigenvalue weighted by Crippen LogP contribution is 2.29. The fourth-order valence-corrected chi connectivity index (χ4v) is 1.22. The monoisotopic (exact) mass is 254 g/mol. The van der Waals surface area contributed by atoms with Crippen molar-refractivity contribution in [1.29, 1.82) is 0 Å². The van der Waals surface area contributed by atoms with Crippen LogP contribution in [-0.2, 0) is 0 Å². The van der Waals surface area contributed by atoms with Gasteiger partial charge in [-0.2, -0.15) is 0 Å². The lowest BCUT2D eigenvalue weighted by Crippen LogP contribution is -2.00. The maximum atomic E-state index is 12.1. The summed E-state index contributed by atoms with van der Waals surface area (Å²) in [6.45, 7) is 0. The van der Waals surface area contributed by atoms with E-state index in [1.54, 1.807) is 24.3 Å². The molecule has 0 amide bonds. The first kappa shape index (κ1) is 9.93. The lowest BCUT2D eigenvalue weighted by molar-refractivity contribution is 0.147. The number of hydrogen-bond donors (Lipinski definition) is 0. The normalized spacial score (nSPS) is 13.4. The summed E-state index contributed by atoms with van der Waals surface area (Å²) in [7, 11) is 0. The quantitative estimate of drug-likeness (QED) is 0.700. The zero-order valence-electron chi connectivity index (χ0n) is 5.98. The van der Waals surface area contributed by atoms with Crippen molar-refractivity contribution >= 4 is 27.5 Å². The predicted molar refractivity (Wildman–Crippen MR) is 49.1 cm³/mol. The van der Waals surface area contributed by atoms with Crippen molar-refractivity contribution in [1.82, 2.24) is 0 Å². The van der Waals surface area contributed by atoms with Crippen molar-refractivity contribution in [2.45, 2.75) is 11.3 Å². The van der Waals surface area contributed by atoms with E-state index in [9.17, 15) is 8.78 Å². The van der Waals surface area contributed by atoms with Crippen LogP contribution in [0.2, 0.25) is 5.02 Å². The Balaban J connectivity index is 2.82. The van der Waals surface area contributed by atoms with Gasteiger partial charge in [0, 0.05) is 5.02 Å². The van der Waals surface area contributed by atoms with Gasteiger partial charge in [0.1, 0.15) is 4.83 Å². The predicted octanol–water partition coefficient (Wildman–Crippen LogP) is 4.04. The molecule has 0 aromatic heterocycles. The Kier molecular flexibility index (Phi) is 3.47. The Morgan fingerprint density at radius 1 is 1.17 bits per heavy atom. The Labute approximate surface area is 82.7 Å². The van der Waals surface area contributed by atoms with Crippen LogP contribution in [0.15, 0.2) is 24.3 Å². The zero-order chi connectivity index (χ0) is 9.14. The molecule has 0 heterocycles. The van der Waals surface area contributed by atoms with Crippen molar-refractivity contribution in [3.63, 3.8) is 0 Å². The van der Waals surface area contributed by atoms with Gasteiger partial charge in [-0.15, -0.1) is 0 Å². The van der Waals surface area contributed by atoms with Crippen molar-refractivity contribution in [2.75, 3.05) is 0 Å². The second-order valence-corrected chi connectivity index (χ2v) is 3.71. The average Bonchev–Trinajstić information content (AvgIpc) is 2.04. The molecule has 1 unspecified atom stereocenters. The van der Waals surface area contributed by atoms with Crippen LogP contribution < -0.4 is 0 Å². The fraction of sp³-hybridized carbons (Fsp3) is 0.250. The molecule has 1 aromatic carbocycles. The molecule has 4 heteroatoms. The number of alkyl halides is 3. The molecule has 0 nitrogen and oxygen atoms in total. The molecule has 1 aromatic rings. The summed E-state index contributed by atoms with van der Waals surface area (Å²) in [6, 6.07) is 6.34. The molecule has 0 N–H and O–H groups in total. The summed E-state index contributed by atoms with van der Waals surface area (Å²) in [5.74, 6) is 0. The number of halogens is 4. The number of benzene rings is 1. The molecular formula is C8H6BrClF2. The van der Waals surface area contributed by atoms with E-state index < -0.39 is 11.3 Å². The van der Waals surface area contributed by atoms with E-state index in [-0.39, 0.29) is 0 Å². The molecule has 0 fully saturated rings. The summed E-state index contributed by atoms with van der Waals surface area (Å²) in [4.78, 5) is -0.908. The largest absolute Gasteiger partial charge is 0.255 e. The summed E-state index contributed by atoms with van der Waals surface area (Å²) >= 11 is 8.47. The highest BCUT2D eigenvalue weighted by atomic mass is 79.9. The molecule has 0 saturated heterocycles.